The Hall–Kier alpha value is -2.82. The van der Waals surface area contributed by atoms with Gasteiger partial charge in [0.15, 0.2) is 0 Å². The van der Waals surface area contributed by atoms with Crippen LogP contribution >= 0.6 is 0 Å². The molecule has 1 heterocycles. The summed E-state index contributed by atoms with van der Waals surface area (Å²) in [6, 6.07) is 12.8. The van der Waals surface area contributed by atoms with E-state index in [1.807, 2.05) is 32.0 Å². The summed E-state index contributed by atoms with van der Waals surface area (Å²) in [4.78, 5) is 26.7. The van der Waals surface area contributed by atoms with E-state index in [0.717, 1.165) is 24.2 Å². The van der Waals surface area contributed by atoms with Crippen molar-refractivity contribution in [3.8, 4) is 0 Å². The minimum Gasteiger partial charge on any atom is -0.384 e. The van der Waals surface area contributed by atoms with Crippen molar-refractivity contribution in [2.45, 2.75) is 20.3 Å². The maximum atomic E-state index is 12.5. The third-order valence-corrected chi connectivity index (χ3v) is 4.50. The standard InChI is InChI=1S/C20H23N3O2/c1-3-23(4-2)20(25)16-6-5-7-17(13-16)22-19(24)15-8-9-18-14(12-15)10-11-21-18/h5-9,12-13,21H,3-4,10-11H2,1-2H3,(H,22,24). The summed E-state index contributed by atoms with van der Waals surface area (Å²) >= 11 is 0. The molecule has 130 valence electrons. The first-order chi connectivity index (χ1) is 12.1. The van der Waals surface area contributed by atoms with Crippen LogP contribution in [0.4, 0.5) is 11.4 Å². The number of nitrogens with zero attached hydrogens (tertiary/aromatic N) is 1. The highest BCUT2D eigenvalue weighted by atomic mass is 16.2. The Morgan fingerprint density at radius 1 is 1.08 bits per heavy atom. The first-order valence-electron chi connectivity index (χ1n) is 8.70. The van der Waals surface area contributed by atoms with Crippen LogP contribution in [0.3, 0.4) is 0 Å². The van der Waals surface area contributed by atoms with Crippen LogP contribution in [-0.2, 0) is 6.42 Å². The van der Waals surface area contributed by atoms with Crippen molar-refractivity contribution in [3.63, 3.8) is 0 Å². The van der Waals surface area contributed by atoms with Gasteiger partial charge in [0.05, 0.1) is 0 Å². The SMILES string of the molecule is CCN(CC)C(=O)c1cccc(NC(=O)c2ccc3c(c2)CCN3)c1. The van der Waals surface area contributed by atoms with Gasteiger partial charge in [-0.15, -0.1) is 0 Å². The molecule has 0 saturated carbocycles. The molecule has 0 aliphatic carbocycles. The van der Waals surface area contributed by atoms with Crippen LogP contribution < -0.4 is 10.6 Å². The van der Waals surface area contributed by atoms with E-state index in [-0.39, 0.29) is 11.8 Å². The maximum absolute atomic E-state index is 12.5. The maximum Gasteiger partial charge on any atom is 0.255 e. The molecule has 2 N–H and O–H groups in total. The molecule has 2 aromatic rings. The molecule has 2 aromatic carbocycles. The van der Waals surface area contributed by atoms with Crippen molar-refractivity contribution >= 4 is 23.2 Å². The van der Waals surface area contributed by atoms with Crippen molar-refractivity contribution in [2.75, 3.05) is 30.3 Å². The second-order valence-corrected chi connectivity index (χ2v) is 6.06. The average molecular weight is 337 g/mol. The first kappa shape index (κ1) is 17.0. The highest BCUT2D eigenvalue weighted by molar-refractivity contribution is 6.05. The molecule has 0 unspecified atom stereocenters. The number of fused-ring (bicyclic) bond motifs is 1. The van der Waals surface area contributed by atoms with Gasteiger partial charge in [-0.1, -0.05) is 6.07 Å². The molecule has 3 rings (SSSR count). The molecule has 0 atom stereocenters. The topological polar surface area (TPSA) is 61.4 Å². The van der Waals surface area contributed by atoms with Crippen LogP contribution in [0, 0.1) is 0 Å². The van der Waals surface area contributed by atoms with E-state index in [0.29, 0.717) is 29.9 Å². The predicted octanol–water partition coefficient (Wildman–Crippen LogP) is 3.39. The minimum absolute atomic E-state index is 0.0234. The van der Waals surface area contributed by atoms with Crippen LogP contribution in [0.25, 0.3) is 0 Å². The third kappa shape index (κ3) is 3.65. The molecular weight excluding hydrogens is 314 g/mol. The summed E-state index contributed by atoms with van der Waals surface area (Å²) in [5.41, 5.74) is 4.10. The van der Waals surface area contributed by atoms with Crippen LogP contribution in [-0.4, -0.2) is 36.3 Å². The summed E-state index contributed by atoms with van der Waals surface area (Å²) in [5.74, 6) is -0.188. The van der Waals surface area contributed by atoms with E-state index in [1.54, 1.807) is 29.2 Å². The number of anilines is 2. The molecule has 1 aliphatic rings. The van der Waals surface area contributed by atoms with Crippen molar-refractivity contribution in [1.29, 1.82) is 0 Å². The Morgan fingerprint density at radius 2 is 1.88 bits per heavy atom. The molecule has 0 aromatic heterocycles. The Morgan fingerprint density at radius 3 is 2.64 bits per heavy atom. The zero-order chi connectivity index (χ0) is 17.8. The largest absolute Gasteiger partial charge is 0.384 e. The molecular formula is C20H23N3O2. The highest BCUT2D eigenvalue weighted by Gasteiger charge is 2.15. The van der Waals surface area contributed by atoms with Crippen LogP contribution in [0.2, 0.25) is 0 Å². The van der Waals surface area contributed by atoms with Gasteiger partial charge >= 0.3 is 0 Å². The van der Waals surface area contributed by atoms with Gasteiger partial charge in [0.25, 0.3) is 11.8 Å². The molecule has 5 nitrogen and oxygen atoms in total. The van der Waals surface area contributed by atoms with E-state index in [4.69, 9.17) is 0 Å². The van der Waals surface area contributed by atoms with Gasteiger partial charge < -0.3 is 15.5 Å². The number of hydrogen-bond donors (Lipinski definition) is 2. The molecule has 0 fully saturated rings. The third-order valence-electron chi connectivity index (χ3n) is 4.50. The van der Waals surface area contributed by atoms with Crippen LogP contribution in [0.5, 0.6) is 0 Å². The number of carbonyl (C=O) groups excluding carboxylic acids is 2. The minimum atomic E-state index is -0.165. The van der Waals surface area contributed by atoms with Crippen molar-refractivity contribution in [2.24, 2.45) is 0 Å². The Bertz CT molecular complexity index is 797. The summed E-state index contributed by atoms with van der Waals surface area (Å²) in [6.07, 6.45) is 0.935. The monoisotopic (exact) mass is 337 g/mol. The van der Waals surface area contributed by atoms with Crippen molar-refractivity contribution in [3.05, 3.63) is 59.2 Å². The van der Waals surface area contributed by atoms with E-state index >= 15 is 0 Å². The van der Waals surface area contributed by atoms with Crippen LogP contribution in [0.1, 0.15) is 40.1 Å². The summed E-state index contributed by atoms with van der Waals surface area (Å²) < 4.78 is 0. The number of benzene rings is 2. The van der Waals surface area contributed by atoms with Gasteiger partial charge in [-0.3, -0.25) is 9.59 Å². The van der Waals surface area contributed by atoms with Gasteiger partial charge in [0, 0.05) is 42.1 Å². The fraction of sp³-hybridized carbons (Fsp3) is 0.300. The molecule has 25 heavy (non-hydrogen) atoms. The van der Waals surface area contributed by atoms with E-state index in [9.17, 15) is 9.59 Å². The Labute approximate surface area is 148 Å². The Kier molecular flexibility index (Phi) is 5.03. The normalized spacial score (nSPS) is 12.2. The second-order valence-electron chi connectivity index (χ2n) is 6.06. The highest BCUT2D eigenvalue weighted by Crippen LogP contribution is 2.23. The lowest BCUT2D eigenvalue weighted by molar-refractivity contribution is 0.0772. The van der Waals surface area contributed by atoms with Crippen LogP contribution in [0.15, 0.2) is 42.5 Å². The Balaban J connectivity index is 1.75. The second kappa shape index (κ2) is 7.38. The first-order valence-corrected chi connectivity index (χ1v) is 8.70. The molecule has 5 heteroatoms. The average Bonchev–Trinajstić information content (AvgIpc) is 3.10. The number of amides is 2. The van der Waals surface area contributed by atoms with E-state index < -0.39 is 0 Å². The summed E-state index contributed by atoms with van der Waals surface area (Å²) in [5, 5.41) is 6.17. The zero-order valence-electron chi connectivity index (χ0n) is 14.6. The van der Waals surface area contributed by atoms with Gasteiger partial charge in [-0.05, 0) is 62.2 Å². The summed E-state index contributed by atoms with van der Waals surface area (Å²) in [6.45, 7) is 6.14. The van der Waals surface area contributed by atoms with Gasteiger partial charge in [0.1, 0.15) is 0 Å². The van der Waals surface area contributed by atoms with Crippen molar-refractivity contribution < 1.29 is 9.59 Å². The summed E-state index contributed by atoms with van der Waals surface area (Å²) in [7, 11) is 0. The molecule has 0 spiro atoms. The molecule has 0 radical (unpaired) electrons. The van der Waals surface area contributed by atoms with Gasteiger partial charge in [-0.2, -0.15) is 0 Å². The number of rotatable bonds is 5. The predicted molar refractivity (Wildman–Crippen MR) is 100 cm³/mol. The lowest BCUT2D eigenvalue weighted by Crippen LogP contribution is -2.30. The van der Waals surface area contributed by atoms with E-state index in [2.05, 4.69) is 10.6 Å². The molecule has 0 bridgehead atoms. The molecule has 1 aliphatic heterocycles. The molecule has 0 saturated heterocycles. The smallest absolute Gasteiger partial charge is 0.255 e. The fourth-order valence-corrected chi connectivity index (χ4v) is 3.07. The van der Waals surface area contributed by atoms with Gasteiger partial charge in [0.2, 0.25) is 0 Å². The lowest BCUT2D eigenvalue weighted by Gasteiger charge is -2.19. The number of hydrogen-bond acceptors (Lipinski definition) is 3. The fourth-order valence-electron chi connectivity index (χ4n) is 3.07. The van der Waals surface area contributed by atoms with E-state index in [1.165, 1.54) is 0 Å². The zero-order valence-corrected chi connectivity index (χ0v) is 14.6. The van der Waals surface area contributed by atoms with Crippen molar-refractivity contribution in [1.82, 2.24) is 4.90 Å². The number of nitrogens with one attached hydrogen (secondary N) is 2. The molecule has 2 amide bonds. The van der Waals surface area contributed by atoms with Gasteiger partial charge in [-0.25, -0.2) is 0 Å². The quantitative estimate of drug-likeness (QED) is 0.879. The lowest BCUT2D eigenvalue weighted by atomic mass is 10.1. The number of carbonyl (C=O) groups is 2.